The number of carbonyl (C=O) groups excluding carboxylic acids is 1. The van der Waals surface area contributed by atoms with E-state index in [-0.39, 0.29) is 24.0 Å². The van der Waals surface area contributed by atoms with Crippen LogP contribution in [-0.4, -0.2) is 5.91 Å². The van der Waals surface area contributed by atoms with Crippen LogP contribution in [0.15, 0.2) is 18.2 Å². The Hall–Kier alpha value is -1.29. The molecule has 3 nitrogen and oxygen atoms in total. The van der Waals surface area contributed by atoms with Gasteiger partial charge in [-0.3, -0.25) is 4.79 Å². The van der Waals surface area contributed by atoms with E-state index in [4.69, 9.17) is 5.73 Å². The molecule has 0 heterocycles. The Morgan fingerprint density at radius 2 is 2.15 bits per heavy atom. The van der Waals surface area contributed by atoms with Gasteiger partial charge in [0.25, 0.3) is 0 Å². The van der Waals surface area contributed by atoms with Gasteiger partial charge >= 0.3 is 0 Å². The highest BCUT2D eigenvalue weighted by Crippen LogP contribution is 2.15. The zero-order chi connectivity index (χ0) is 9.14. The molecule has 0 saturated heterocycles. The number of amides is 1. The van der Waals surface area contributed by atoms with Crippen molar-refractivity contribution in [1.29, 1.82) is 0 Å². The quantitative estimate of drug-likeness (QED) is 0.686. The fourth-order valence-electron chi connectivity index (χ4n) is 0.825. The third-order valence-corrected chi connectivity index (χ3v) is 1.32. The Balaban J connectivity index is 0.00000144. The lowest BCUT2D eigenvalue weighted by Gasteiger charge is -2.02. The Kier molecular flexibility index (Phi) is 4.20. The Labute approximate surface area is 81.5 Å². The Morgan fingerprint density at radius 1 is 1.54 bits per heavy atom. The number of nitrogens with two attached hydrogens (primary N) is 1. The molecule has 13 heavy (non-hydrogen) atoms. The van der Waals surface area contributed by atoms with Crippen LogP contribution in [0.1, 0.15) is 6.92 Å². The minimum Gasteiger partial charge on any atom is -0.396 e. The summed E-state index contributed by atoms with van der Waals surface area (Å²) >= 11 is 0. The van der Waals surface area contributed by atoms with Crippen molar-refractivity contribution < 1.29 is 9.18 Å². The van der Waals surface area contributed by atoms with Crippen molar-refractivity contribution in [2.24, 2.45) is 0 Å². The topological polar surface area (TPSA) is 55.1 Å². The first kappa shape index (κ1) is 11.7. The van der Waals surface area contributed by atoms with Crippen molar-refractivity contribution >= 4 is 29.7 Å². The summed E-state index contributed by atoms with van der Waals surface area (Å²) < 4.78 is 12.6. The molecule has 1 aromatic carbocycles. The van der Waals surface area contributed by atoms with Crippen molar-refractivity contribution in [3.8, 4) is 0 Å². The van der Waals surface area contributed by atoms with Crippen molar-refractivity contribution in [3.05, 3.63) is 24.0 Å². The van der Waals surface area contributed by atoms with Gasteiger partial charge in [-0.05, 0) is 18.2 Å². The lowest BCUT2D eigenvalue weighted by molar-refractivity contribution is -0.114. The predicted octanol–water partition coefficient (Wildman–Crippen LogP) is 1.79. The second-order valence-corrected chi connectivity index (χ2v) is 2.42. The lowest BCUT2D eigenvalue weighted by atomic mass is 10.2. The molecule has 0 bridgehead atoms. The average Bonchev–Trinajstić information content (AvgIpc) is 1.96. The van der Waals surface area contributed by atoms with Crippen LogP contribution in [0.5, 0.6) is 0 Å². The van der Waals surface area contributed by atoms with E-state index in [1.54, 1.807) is 0 Å². The van der Waals surface area contributed by atoms with E-state index in [0.717, 1.165) is 0 Å². The molecule has 0 unspecified atom stereocenters. The monoisotopic (exact) mass is 204 g/mol. The van der Waals surface area contributed by atoms with E-state index >= 15 is 0 Å². The van der Waals surface area contributed by atoms with E-state index in [9.17, 15) is 9.18 Å². The van der Waals surface area contributed by atoms with E-state index in [1.165, 1.54) is 25.1 Å². The van der Waals surface area contributed by atoms with E-state index in [1.807, 2.05) is 0 Å². The first-order valence-electron chi connectivity index (χ1n) is 3.42. The first-order chi connectivity index (χ1) is 5.59. The summed E-state index contributed by atoms with van der Waals surface area (Å²) in [4.78, 5) is 10.6. The van der Waals surface area contributed by atoms with Gasteiger partial charge in [0, 0.05) is 12.6 Å². The first-order valence-corrected chi connectivity index (χ1v) is 3.42. The van der Waals surface area contributed by atoms with Gasteiger partial charge in [-0.1, -0.05) is 0 Å². The minimum atomic E-state index is -0.482. The fraction of sp³-hybridized carbons (Fsp3) is 0.125. The van der Waals surface area contributed by atoms with Gasteiger partial charge in [-0.2, -0.15) is 0 Å². The van der Waals surface area contributed by atoms with Gasteiger partial charge in [0.15, 0.2) is 0 Å². The molecule has 0 radical (unpaired) electrons. The van der Waals surface area contributed by atoms with Crippen LogP contribution in [0, 0.1) is 5.82 Å². The molecule has 0 aromatic heterocycles. The number of benzene rings is 1. The van der Waals surface area contributed by atoms with Gasteiger partial charge in [0.1, 0.15) is 5.82 Å². The minimum absolute atomic E-state index is 0. The molecule has 0 atom stereocenters. The van der Waals surface area contributed by atoms with Crippen LogP contribution in [0.2, 0.25) is 0 Å². The van der Waals surface area contributed by atoms with Crippen LogP contribution in [0.3, 0.4) is 0 Å². The average molecular weight is 205 g/mol. The second kappa shape index (κ2) is 4.67. The molecule has 3 N–H and O–H groups in total. The van der Waals surface area contributed by atoms with Gasteiger partial charge in [0.05, 0.1) is 5.69 Å². The highest BCUT2D eigenvalue weighted by molar-refractivity contribution is 5.89. The van der Waals surface area contributed by atoms with Gasteiger partial charge in [-0.25, -0.2) is 4.39 Å². The highest BCUT2D eigenvalue weighted by atomic mass is 35.5. The van der Waals surface area contributed by atoms with E-state index < -0.39 is 5.82 Å². The van der Waals surface area contributed by atoms with Gasteiger partial charge in [0.2, 0.25) is 5.91 Å². The molecule has 1 amide bonds. The summed E-state index contributed by atoms with van der Waals surface area (Å²) in [5, 5.41) is 2.49. The Morgan fingerprint density at radius 3 is 2.62 bits per heavy atom. The molecule has 1 rings (SSSR count). The van der Waals surface area contributed by atoms with E-state index in [0.29, 0.717) is 5.69 Å². The molecule has 0 aliphatic carbocycles. The van der Waals surface area contributed by atoms with Crippen molar-refractivity contribution in [3.63, 3.8) is 0 Å². The highest BCUT2D eigenvalue weighted by Gasteiger charge is 1.99. The molecule has 0 aliphatic heterocycles. The Bertz CT molecular complexity index is 317. The van der Waals surface area contributed by atoms with Crippen LogP contribution in [0.25, 0.3) is 0 Å². The largest absolute Gasteiger partial charge is 0.396 e. The molecular weight excluding hydrogens is 195 g/mol. The summed E-state index contributed by atoms with van der Waals surface area (Å²) in [6.45, 7) is 1.37. The number of hydrogen-bond acceptors (Lipinski definition) is 2. The molecule has 72 valence electrons. The summed E-state index contributed by atoms with van der Waals surface area (Å²) in [7, 11) is 0. The number of carbonyl (C=O) groups is 1. The van der Waals surface area contributed by atoms with Crippen LogP contribution in [-0.2, 0) is 4.79 Å². The van der Waals surface area contributed by atoms with E-state index in [2.05, 4.69) is 5.32 Å². The zero-order valence-electron chi connectivity index (χ0n) is 7.00. The normalized spacial score (nSPS) is 8.77. The lowest BCUT2D eigenvalue weighted by Crippen LogP contribution is -2.06. The smallest absolute Gasteiger partial charge is 0.221 e. The van der Waals surface area contributed by atoms with Crippen molar-refractivity contribution in [1.82, 2.24) is 0 Å². The number of nitrogens with one attached hydrogen (secondary N) is 1. The summed E-state index contributed by atoms with van der Waals surface area (Å²) in [6.07, 6.45) is 0. The molecular formula is C8H10ClFN2O. The number of nitrogen functional groups attached to an aromatic ring is 1. The SMILES string of the molecule is CC(=O)Nc1ccc(F)c(N)c1.Cl. The third kappa shape index (κ3) is 3.29. The summed E-state index contributed by atoms with van der Waals surface area (Å²) in [6, 6.07) is 4.03. The molecule has 0 spiro atoms. The summed E-state index contributed by atoms with van der Waals surface area (Å²) in [5.74, 6) is -0.690. The number of rotatable bonds is 1. The maximum atomic E-state index is 12.6. The van der Waals surface area contributed by atoms with Crippen molar-refractivity contribution in [2.45, 2.75) is 6.92 Å². The number of anilines is 2. The maximum absolute atomic E-state index is 12.6. The van der Waals surface area contributed by atoms with Crippen LogP contribution < -0.4 is 11.1 Å². The molecule has 0 saturated carbocycles. The predicted molar refractivity (Wildman–Crippen MR) is 52.4 cm³/mol. The zero-order valence-corrected chi connectivity index (χ0v) is 7.82. The molecule has 1 aromatic rings. The van der Waals surface area contributed by atoms with Crippen molar-refractivity contribution in [2.75, 3.05) is 11.1 Å². The molecule has 5 heteroatoms. The second-order valence-electron chi connectivity index (χ2n) is 2.42. The van der Waals surface area contributed by atoms with Gasteiger partial charge < -0.3 is 11.1 Å². The fourth-order valence-corrected chi connectivity index (χ4v) is 0.825. The molecule has 0 aliphatic rings. The van der Waals surface area contributed by atoms with Crippen LogP contribution in [0.4, 0.5) is 15.8 Å². The standard InChI is InChI=1S/C8H9FN2O.ClH/c1-5(12)11-6-2-3-7(9)8(10)4-6;/h2-4H,10H2,1H3,(H,11,12);1H. The number of hydrogen-bond donors (Lipinski definition) is 2. The summed E-state index contributed by atoms with van der Waals surface area (Å²) in [5.41, 5.74) is 5.80. The maximum Gasteiger partial charge on any atom is 0.221 e. The molecule has 0 fully saturated rings. The van der Waals surface area contributed by atoms with Gasteiger partial charge in [-0.15, -0.1) is 12.4 Å². The van der Waals surface area contributed by atoms with Crippen LogP contribution >= 0.6 is 12.4 Å². The number of halogens is 2. The third-order valence-electron chi connectivity index (χ3n) is 1.32.